The minimum Gasteiger partial charge on any atom is -0.371 e. The van der Waals surface area contributed by atoms with Crippen molar-refractivity contribution in [2.45, 2.75) is 25.4 Å². The summed E-state index contributed by atoms with van der Waals surface area (Å²) in [6.07, 6.45) is 3.54. The van der Waals surface area contributed by atoms with Crippen LogP contribution in [0.2, 0.25) is 0 Å². The molecule has 32 heavy (non-hydrogen) atoms. The van der Waals surface area contributed by atoms with Crippen molar-refractivity contribution in [3.63, 3.8) is 0 Å². The minimum absolute atomic E-state index is 0.212. The lowest BCUT2D eigenvalue weighted by Crippen LogP contribution is -2.43. The maximum absolute atomic E-state index is 12.6. The lowest BCUT2D eigenvalue weighted by Gasteiger charge is -2.32. The van der Waals surface area contributed by atoms with Crippen LogP contribution in [0.15, 0.2) is 30.6 Å². The van der Waals surface area contributed by atoms with Gasteiger partial charge in [-0.15, -0.1) is 0 Å². The molecule has 3 N–H and O–H groups in total. The van der Waals surface area contributed by atoms with E-state index < -0.39 is 0 Å². The van der Waals surface area contributed by atoms with Gasteiger partial charge in [0.25, 0.3) is 0 Å². The van der Waals surface area contributed by atoms with Crippen LogP contribution in [0.25, 0.3) is 11.2 Å². The first kappa shape index (κ1) is 20.7. The Morgan fingerprint density at radius 3 is 2.72 bits per heavy atom. The predicted molar refractivity (Wildman–Crippen MR) is 124 cm³/mol. The Morgan fingerprint density at radius 2 is 1.97 bits per heavy atom. The van der Waals surface area contributed by atoms with Crippen LogP contribution in [0.1, 0.15) is 18.4 Å². The van der Waals surface area contributed by atoms with Gasteiger partial charge >= 0.3 is 6.03 Å². The summed E-state index contributed by atoms with van der Waals surface area (Å²) < 4.78 is 1.45. The van der Waals surface area contributed by atoms with E-state index in [0.29, 0.717) is 22.9 Å². The number of likely N-dealkylation sites (N-methyl/N-ethyl adjacent to an activating group) is 1. The van der Waals surface area contributed by atoms with Crippen molar-refractivity contribution in [1.82, 2.24) is 34.6 Å². The predicted octanol–water partition coefficient (Wildman–Crippen LogP) is 2.08. The second kappa shape index (κ2) is 8.71. The van der Waals surface area contributed by atoms with Crippen molar-refractivity contribution in [3.8, 4) is 0 Å². The molecule has 2 aromatic heterocycles. The number of nitrogens with one attached hydrogen (secondary N) is 3. The maximum Gasteiger partial charge on any atom is 0.328 e. The molecule has 2 fully saturated rings. The van der Waals surface area contributed by atoms with E-state index in [2.05, 4.69) is 59.9 Å². The topological polar surface area (TPSA) is 103 Å². The monoisotopic (exact) mass is 435 g/mol. The fraction of sp³-hybridized carbons (Fsp3) is 0.455. The molecule has 1 amide bonds. The van der Waals surface area contributed by atoms with E-state index in [9.17, 15) is 4.79 Å². The molecule has 168 valence electrons. The molecule has 3 heterocycles. The first-order valence-corrected chi connectivity index (χ1v) is 11.1. The van der Waals surface area contributed by atoms with Crippen LogP contribution in [0.3, 0.4) is 0 Å². The second-order valence-electron chi connectivity index (χ2n) is 8.56. The Balaban J connectivity index is 1.37. The second-order valence-corrected chi connectivity index (χ2v) is 8.56. The Kier molecular flexibility index (Phi) is 5.62. The number of piperazine rings is 1. The molecule has 1 saturated heterocycles. The number of benzene rings is 1. The van der Waals surface area contributed by atoms with E-state index in [4.69, 9.17) is 0 Å². The summed E-state index contributed by atoms with van der Waals surface area (Å²) in [6.45, 7) is 5.26. The molecule has 0 spiro atoms. The van der Waals surface area contributed by atoms with Crippen molar-refractivity contribution in [2.24, 2.45) is 0 Å². The molecule has 0 bridgehead atoms. The summed E-state index contributed by atoms with van der Waals surface area (Å²) in [5.41, 5.74) is 3.18. The van der Waals surface area contributed by atoms with Gasteiger partial charge in [0, 0.05) is 51.5 Å². The van der Waals surface area contributed by atoms with Gasteiger partial charge in [-0.3, -0.25) is 4.90 Å². The summed E-state index contributed by atoms with van der Waals surface area (Å²) in [6, 6.07) is 8.35. The number of rotatable bonds is 6. The SMILES string of the molecule is CNc1nc(Nc2cccc(CN3CCN(C)CC3)c2)nc2c1ncn2C(=O)NC1CC1. The molecule has 0 atom stereocenters. The smallest absolute Gasteiger partial charge is 0.328 e. The number of fused-ring (bicyclic) bond motifs is 1. The van der Waals surface area contributed by atoms with E-state index in [0.717, 1.165) is 51.3 Å². The molecule has 1 aromatic carbocycles. The summed E-state index contributed by atoms with van der Waals surface area (Å²) in [5, 5.41) is 9.34. The zero-order chi connectivity index (χ0) is 22.1. The van der Waals surface area contributed by atoms with Gasteiger partial charge in [-0.05, 0) is 37.6 Å². The van der Waals surface area contributed by atoms with Crippen LogP contribution in [-0.2, 0) is 6.54 Å². The molecular weight excluding hydrogens is 406 g/mol. The molecule has 2 aliphatic rings. The van der Waals surface area contributed by atoms with Crippen LogP contribution < -0.4 is 16.0 Å². The van der Waals surface area contributed by atoms with Gasteiger partial charge in [-0.25, -0.2) is 14.3 Å². The van der Waals surface area contributed by atoms with Crippen LogP contribution in [0, 0.1) is 0 Å². The number of anilines is 3. The average molecular weight is 436 g/mol. The molecule has 5 rings (SSSR count). The number of imidazole rings is 1. The Hall–Kier alpha value is -3.24. The molecule has 10 heteroatoms. The largest absolute Gasteiger partial charge is 0.371 e. The van der Waals surface area contributed by atoms with Gasteiger partial charge in [0.15, 0.2) is 17.0 Å². The molecular formula is C22H29N9O. The molecule has 3 aromatic rings. The summed E-state index contributed by atoms with van der Waals surface area (Å²) >= 11 is 0. The van der Waals surface area contributed by atoms with E-state index >= 15 is 0 Å². The standard InChI is InChI=1S/C22H29N9O/c1-23-19-18-20(31(14-24-18)22(32)26-16-6-7-16)28-21(27-19)25-17-5-3-4-15(12-17)13-30-10-8-29(2)9-11-30/h3-5,12,14,16H,6-11,13H2,1-2H3,(H,26,32)(H2,23,25,27,28). The van der Waals surface area contributed by atoms with Crippen molar-refractivity contribution < 1.29 is 4.79 Å². The first-order chi connectivity index (χ1) is 15.6. The van der Waals surface area contributed by atoms with Gasteiger partial charge in [-0.1, -0.05) is 12.1 Å². The van der Waals surface area contributed by atoms with E-state index in [1.165, 1.54) is 16.5 Å². The Morgan fingerprint density at radius 1 is 1.16 bits per heavy atom. The lowest BCUT2D eigenvalue weighted by molar-refractivity contribution is 0.148. The average Bonchev–Trinajstić information content (AvgIpc) is 3.50. The highest BCUT2D eigenvalue weighted by Crippen LogP contribution is 2.24. The number of carbonyl (C=O) groups is 1. The number of amides is 1. The summed E-state index contributed by atoms with van der Waals surface area (Å²) in [5.74, 6) is 0.989. The maximum atomic E-state index is 12.6. The third kappa shape index (κ3) is 4.51. The van der Waals surface area contributed by atoms with E-state index in [1.807, 2.05) is 12.1 Å². The van der Waals surface area contributed by atoms with Crippen LogP contribution in [-0.4, -0.2) is 81.7 Å². The van der Waals surface area contributed by atoms with Crippen LogP contribution in [0.5, 0.6) is 0 Å². The van der Waals surface area contributed by atoms with Crippen molar-refractivity contribution in [1.29, 1.82) is 0 Å². The highest BCUT2D eigenvalue weighted by Gasteiger charge is 2.25. The van der Waals surface area contributed by atoms with E-state index in [-0.39, 0.29) is 12.1 Å². The van der Waals surface area contributed by atoms with Crippen molar-refractivity contribution in [2.75, 3.05) is 50.9 Å². The van der Waals surface area contributed by atoms with Gasteiger partial charge < -0.3 is 20.9 Å². The van der Waals surface area contributed by atoms with Crippen molar-refractivity contribution >= 4 is 34.6 Å². The highest BCUT2D eigenvalue weighted by atomic mass is 16.2. The van der Waals surface area contributed by atoms with Gasteiger partial charge in [-0.2, -0.15) is 9.97 Å². The Bertz CT molecular complexity index is 1120. The van der Waals surface area contributed by atoms with Crippen LogP contribution in [0.4, 0.5) is 22.2 Å². The van der Waals surface area contributed by atoms with Crippen LogP contribution >= 0.6 is 0 Å². The fourth-order valence-corrected chi connectivity index (χ4v) is 3.89. The number of hydrogen-bond donors (Lipinski definition) is 3. The normalized spacial score (nSPS) is 17.4. The lowest BCUT2D eigenvalue weighted by atomic mass is 10.1. The third-order valence-electron chi connectivity index (χ3n) is 5.94. The highest BCUT2D eigenvalue weighted by molar-refractivity contribution is 5.92. The number of carbonyl (C=O) groups excluding carboxylic acids is 1. The van der Waals surface area contributed by atoms with E-state index in [1.54, 1.807) is 7.05 Å². The molecule has 1 aliphatic heterocycles. The van der Waals surface area contributed by atoms with Gasteiger partial charge in [0.05, 0.1) is 0 Å². The van der Waals surface area contributed by atoms with Crippen molar-refractivity contribution in [3.05, 3.63) is 36.2 Å². The minimum atomic E-state index is -0.212. The molecule has 0 radical (unpaired) electrons. The summed E-state index contributed by atoms with van der Waals surface area (Å²) in [7, 11) is 3.95. The zero-order valence-corrected chi connectivity index (χ0v) is 18.5. The fourth-order valence-electron chi connectivity index (χ4n) is 3.89. The molecule has 10 nitrogen and oxygen atoms in total. The zero-order valence-electron chi connectivity index (χ0n) is 18.5. The quantitative estimate of drug-likeness (QED) is 0.541. The van der Waals surface area contributed by atoms with Gasteiger partial charge in [0.2, 0.25) is 5.95 Å². The third-order valence-corrected chi connectivity index (χ3v) is 5.94. The molecule has 1 aliphatic carbocycles. The first-order valence-electron chi connectivity index (χ1n) is 11.1. The number of aromatic nitrogens is 4. The summed E-state index contributed by atoms with van der Waals surface area (Å²) in [4.78, 5) is 30.9. The number of nitrogens with zero attached hydrogens (tertiary/aromatic N) is 6. The molecule has 1 saturated carbocycles. The van der Waals surface area contributed by atoms with Gasteiger partial charge in [0.1, 0.15) is 6.33 Å². The molecule has 0 unspecified atom stereocenters. The number of hydrogen-bond acceptors (Lipinski definition) is 8. The Labute approximate surface area is 187 Å².